The molecule has 0 saturated heterocycles. The second-order valence-corrected chi connectivity index (χ2v) is 9.30. The van der Waals surface area contributed by atoms with Crippen molar-refractivity contribution in [3.63, 3.8) is 0 Å². The Labute approximate surface area is 180 Å². The van der Waals surface area contributed by atoms with Crippen LogP contribution in [0.2, 0.25) is 0 Å². The Morgan fingerprint density at radius 2 is 1.27 bits per heavy atom. The van der Waals surface area contributed by atoms with E-state index in [0.29, 0.717) is 0 Å². The van der Waals surface area contributed by atoms with Crippen LogP contribution >= 0.6 is 0 Å². The van der Waals surface area contributed by atoms with E-state index in [1.165, 1.54) is 0 Å². The van der Waals surface area contributed by atoms with Crippen LogP contribution in [0.15, 0.2) is 46.3 Å². The fraction of sp³-hybridized carbons (Fsp3) is 0.560. The molecule has 0 spiro atoms. The number of Topliss-reactive ketones (excluding diaryl/α,β-unsaturated/α-hetero) is 3. The average molecular weight is 417 g/mol. The van der Waals surface area contributed by atoms with Crippen LogP contribution in [0.1, 0.15) is 74.7 Å². The van der Waals surface area contributed by atoms with E-state index in [1.807, 2.05) is 27.7 Å². The maximum Gasteiger partial charge on any atom is 0.209 e. The van der Waals surface area contributed by atoms with Gasteiger partial charge in [-0.15, -0.1) is 0 Å². The molecular formula is C25H36O5. The van der Waals surface area contributed by atoms with Gasteiger partial charge in [-0.2, -0.15) is 0 Å². The number of hydrogen-bond donors (Lipinski definition) is 2. The molecule has 0 bridgehead atoms. The molecule has 0 amide bonds. The summed E-state index contributed by atoms with van der Waals surface area (Å²) in [6.45, 7) is 14.3. The van der Waals surface area contributed by atoms with Gasteiger partial charge in [-0.3, -0.25) is 14.4 Å². The molecule has 166 valence electrons. The third kappa shape index (κ3) is 5.07. The highest BCUT2D eigenvalue weighted by Crippen LogP contribution is 2.47. The number of ketones is 3. The Morgan fingerprint density at radius 1 is 0.867 bits per heavy atom. The number of carbonyl (C=O) groups is 3. The van der Waals surface area contributed by atoms with Crippen molar-refractivity contribution in [2.45, 2.75) is 80.3 Å². The average Bonchev–Trinajstić information content (AvgIpc) is 2.64. The maximum absolute atomic E-state index is 13.7. The van der Waals surface area contributed by atoms with Crippen LogP contribution in [0.5, 0.6) is 0 Å². The largest absolute Gasteiger partial charge is 0.510 e. The maximum atomic E-state index is 13.7. The predicted octanol–water partition coefficient (Wildman–Crippen LogP) is 4.96. The normalized spacial score (nSPS) is 20.9. The van der Waals surface area contributed by atoms with Crippen molar-refractivity contribution in [1.82, 2.24) is 0 Å². The molecule has 0 aliphatic heterocycles. The molecule has 30 heavy (non-hydrogen) atoms. The summed E-state index contributed by atoms with van der Waals surface area (Å²) < 4.78 is 0. The first-order valence-corrected chi connectivity index (χ1v) is 10.4. The van der Waals surface area contributed by atoms with Gasteiger partial charge in [-0.1, -0.05) is 48.8 Å². The second-order valence-electron chi connectivity index (χ2n) is 9.30. The van der Waals surface area contributed by atoms with Gasteiger partial charge >= 0.3 is 0 Å². The summed E-state index contributed by atoms with van der Waals surface area (Å²) in [6.07, 6.45) is 5.14. The Hall–Kier alpha value is -2.27. The summed E-state index contributed by atoms with van der Waals surface area (Å²) in [5.41, 5.74) is -1.74. The molecule has 0 heterocycles. The minimum absolute atomic E-state index is 0.0864. The van der Waals surface area contributed by atoms with E-state index in [4.69, 9.17) is 0 Å². The van der Waals surface area contributed by atoms with E-state index in [2.05, 4.69) is 0 Å². The van der Waals surface area contributed by atoms with Crippen molar-refractivity contribution in [2.75, 3.05) is 0 Å². The van der Waals surface area contributed by atoms with Gasteiger partial charge in [-0.05, 0) is 54.4 Å². The van der Waals surface area contributed by atoms with Crippen molar-refractivity contribution >= 4 is 17.3 Å². The minimum Gasteiger partial charge on any atom is -0.510 e. The van der Waals surface area contributed by atoms with Gasteiger partial charge in [0.1, 0.15) is 11.3 Å². The van der Waals surface area contributed by atoms with E-state index >= 15 is 0 Å². The highest BCUT2D eigenvalue weighted by molar-refractivity contribution is 6.33. The highest BCUT2D eigenvalue weighted by atomic mass is 16.3. The summed E-state index contributed by atoms with van der Waals surface area (Å²) in [5, 5.41) is 22.6. The fourth-order valence-corrected chi connectivity index (χ4v) is 3.43. The molecule has 0 fully saturated rings. The first-order valence-electron chi connectivity index (χ1n) is 10.4. The van der Waals surface area contributed by atoms with Gasteiger partial charge in [0, 0.05) is 12.3 Å². The number of allylic oxidation sites excluding steroid dienone is 6. The molecule has 1 atom stereocenters. The Bertz CT molecular complexity index is 819. The van der Waals surface area contributed by atoms with Crippen LogP contribution in [-0.4, -0.2) is 33.2 Å². The summed E-state index contributed by atoms with van der Waals surface area (Å²) in [5.74, 6) is -3.43. The molecule has 0 unspecified atom stereocenters. The molecule has 5 nitrogen and oxygen atoms in total. The van der Waals surface area contributed by atoms with Crippen molar-refractivity contribution in [3.8, 4) is 0 Å². The third-order valence-electron chi connectivity index (χ3n) is 5.40. The van der Waals surface area contributed by atoms with Crippen LogP contribution < -0.4 is 0 Å². The summed E-state index contributed by atoms with van der Waals surface area (Å²) in [7, 11) is 0. The molecule has 1 aliphatic carbocycles. The molecular weight excluding hydrogens is 380 g/mol. The lowest BCUT2D eigenvalue weighted by molar-refractivity contribution is -0.158. The fourth-order valence-electron chi connectivity index (χ4n) is 3.43. The summed E-state index contributed by atoms with van der Waals surface area (Å²) >= 11 is 0. The zero-order valence-electron chi connectivity index (χ0n) is 19.5. The SMILES string of the molecule is CC(C)=CCC1(CC=C(C)C)C(=O)[C@](O)(CC=C(C)C)C(=O)C(C(=O)C(C)C)=C1O. The first-order chi connectivity index (χ1) is 13.7. The number of aliphatic hydroxyl groups excluding tert-OH is 1. The number of aliphatic hydroxyl groups is 2. The van der Waals surface area contributed by atoms with Crippen molar-refractivity contribution in [1.29, 1.82) is 0 Å². The predicted molar refractivity (Wildman–Crippen MR) is 119 cm³/mol. The van der Waals surface area contributed by atoms with Gasteiger partial charge in [0.2, 0.25) is 5.78 Å². The van der Waals surface area contributed by atoms with Gasteiger partial charge in [0.25, 0.3) is 0 Å². The lowest BCUT2D eigenvalue weighted by Gasteiger charge is -2.42. The van der Waals surface area contributed by atoms with Crippen molar-refractivity contribution in [3.05, 3.63) is 46.3 Å². The Morgan fingerprint density at radius 3 is 1.63 bits per heavy atom. The standard InChI is InChI=1S/C25H36O5/c1-15(2)9-12-24(13-10-16(3)4)21(27)19(20(26)18(7)8)22(28)25(30,23(24)29)14-11-17(5)6/h9-11,18,27,30H,12-14H2,1-8H3/t25-/m0/s1. The van der Waals surface area contributed by atoms with Crippen molar-refractivity contribution < 1.29 is 24.6 Å². The molecule has 5 heteroatoms. The van der Waals surface area contributed by atoms with Crippen LogP contribution in [-0.2, 0) is 14.4 Å². The minimum atomic E-state index is -2.39. The lowest BCUT2D eigenvalue weighted by atomic mass is 9.60. The van der Waals surface area contributed by atoms with Crippen LogP contribution in [0.3, 0.4) is 0 Å². The number of rotatable bonds is 8. The molecule has 2 N–H and O–H groups in total. The van der Waals surface area contributed by atoms with E-state index in [9.17, 15) is 24.6 Å². The molecule has 0 aromatic heterocycles. The molecule has 0 radical (unpaired) electrons. The molecule has 0 aromatic carbocycles. The van der Waals surface area contributed by atoms with Crippen LogP contribution in [0.25, 0.3) is 0 Å². The van der Waals surface area contributed by atoms with E-state index < -0.39 is 45.6 Å². The smallest absolute Gasteiger partial charge is 0.209 e. The molecule has 1 aliphatic rings. The van der Waals surface area contributed by atoms with Gasteiger partial charge in [0.15, 0.2) is 17.2 Å². The highest BCUT2D eigenvalue weighted by Gasteiger charge is 2.61. The van der Waals surface area contributed by atoms with Gasteiger partial charge < -0.3 is 10.2 Å². The van der Waals surface area contributed by atoms with E-state index in [0.717, 1.165) is 16.7 Å². The quantitative estimate of drug-likeness (QED) is 0.331. The van der Waals surface area contributed by atoms with Gasteiger partial charge in [-0.25, -0.2) is 0 Å². The van der Waals surface area contributed by atoms with Gasteiger partial charge in [0.05, 0.1) is 5.41 Å². The zero-order chi connectivity index (χ0) is 23.4. The molecule has 0 saturated carbocycles. The third-order valence-corrected chi connectivity index (χ3v) is 5.40. The first kappa shape index (κ1) is 25.8. The van der Waals surface area contributed by atoms with Crippen LogP contribution in [0.4, 0.5) is 0 Å². The zero-order valence-corrected chi connectivity index (χ0v) is 19.5. The number of carbonyl (C=O) groups excluding carboxylic acids is 3. The summed E-state index contributed by atoms with van der Waals surface area (Å²) in [4.78, 5) is 39.8. The second kappa shape index (κ2) is 9.69. The Kier molecular flexibility index (Phi) is 8.32. The van der Waals surface area contributed by atoms with Crippen LogP contribution in [0, 0.1) is 11.3 Å². The van der Waals surface area contributed by atoms with Crippen molar-refractivity contribution in [2.24, 2.45) is 11.3 Å². The monoisotopic (exact) mass is 416 g/mol. The lowest BCUT2D eigenvalue weighted by Crippen LogP contribution is -2.59. The molecule has 0 aromatic rings. The Balaban J connectivity index is 3.95. The summed E-state index contributed by atoms with van der Waals surface area (Å²) in [6, 6.07) is 0. The number of hydrogen-bond acceptors (Lipinski definition) is 5. The van der Waals surface area contributed by atoms with E-state index in [1.54, 1.807) is 45.9 Å². The molecule has 1 rings (SSSR count). The van der Waals surface area contributed by atoms with E-state index in [-0.39, 0.29) is 19.3 Å². The topological polar surface area (TPSA) is 91.7 Å².